The van der Waals surface area contributed by atoms with E-state index in [0.29, 0.717) is 6.04 Å². The molecule has 1 atom stereocenters. The van der Waals surface area contributed by atoms with Crippen molar-refractivity contribution in [2.45, 2.75) is 26.3 Å². The summed E-state index contributed by atoms with van der Waals surface area (Å²) in [6, 6.07) is 2.31. The van der Waals surface area contributed by atoms with Crippen LogP contribution in [-0.4, -0.2) is 36.6 Å². The van der Waals surface area contributed by atoms with E-state index in [9.17, 15) is 0 Å². The van der Waals surface area contributed by atoms with Gasteiger partial charge in [-0.3, -0.25) is 0 Å². The molecular weight excluding hydrogens is 200 g/mol. The molecule has 0 saturated heterocycles. The third-order valence-electron chi connectivity index (χ3n) is 2.45. The molecule has 0 aromatic carbocycles. The number of pyridine rings is 1. The second-order valence-corrected chi connectivity index (χ2v) is 4.59. The van der Waals surface area contributed by atoms with Crippen molar-refractivity contribution in [1.82, 2.24) is 9.88 Å². The van der Waals surface area contributed by atoms with Crippen LogP contribution >= 0.6 is 0 Å². The highest BCUT2D eigenvalue weighted by Gasteiger charge is 2.06. The average molecular weight is 222 g/mol. The Labute approximate surface area is 97.9 Å². The summed E-state index contributed by atoms with van der Waals surface area (Å²) >= 11 is 0. The van der Waals surface area contributed by atoms with Gasteiger partial charge in [0.15, 0.2) is 0 Å². The highest BCUT2D eigenvalue weighted by molar-refractivity contribution is 5.61. The molecule has 1 rings (SSSR count). The summed E-state index contributed by atoms with van der Waals surface area (Å²) in [7, 11) is 4.15. The Morgan fingerprint density at radius 2 is 2.19 bits per heavy atom. The smallest absolute Gasteiger partial charge is 0.149 e. The van der Waals surface area contributed by atoms with Crippen molar-refractivity contribution < 1.29 is 0 Å². The summed E-state index contributed by atoms with van der Waals surface area (Å²) in [6.45, 7) is 5.19. The molecule has 1 unspecified atom stereocenters. The topological polar surface area (TPSA) is 54.2 Å². The fraction of sp³-hybridized carbons (Fsp3) is 0.583. The molecule has 0 spiro atoms. The fourth-order valence-corrected chi connectivity index (χ4v) is 1.47. The lowest BCUT2D eigenvalue weighted by Gasteiger charge is -2.18. The molecule has 0 aliphatic heterocycles. The van der Waals surface area contributed by atoms with E-state index in [1.165, 1.54) is 0 Å². The standard InChI is InChI=1S/C12H22N4/c1-9-7-11(13)12(14-8-9)15-10(2)5-6-16(3)4/h7-8,10H,5-6,13H2,1-4H3,(H,14,15). The van der Waals surface area contributed by atoms with E-state index in [1.807, 2.05) is 19.2 Å². The zero-order chi connectivity index (χ0) is 12.1. The Hall–Kier alpha value is -1.29. The summed E-state index contributed by atoms with van der Waals surface area (Å²) in [5.41, 5.74) is 7.70. The van der Waals surface area contributed by atoms with Gasteiger partial charge in [0, 0.05) is 12.2 Å². The molecule has 1 aromatic heterocycles. The third kappa shape index (κ3) is 4.06. The minimum absolute atomic E-state index is 0.375. The van der Waals surface area contributed by atoms with Crippen molar-refractivity contribution in [2.24, 2.45) is 0 Å². The van der Waals surface area contributed by atoms with Gasteiger partial charge >= 0.3 is 0 Å². The van der Waals surface area contributed by atoms with Crippen LogP contribution in [0.5, 0.6) is 0 Å². The van der Waals surface area contributed by atoms with Crippen LogP contribution < -0.4 is 11.1 Å². The molecule has 0 aliphatic rings. The van der Waals surface area contributed by atoms with Crippen LogP contribution in [-0.2, 0) is 0 Å². The highest BCUT2D eigenvalue weighted by atomic mass is 15.1. The average Bonchev–Trinajstić information content (AvgIpc) is 2.19. The number of rotatable bonds is 5. The largest absolute Gasteiger partial charge is 0.396 e. The first kappa shape index (κ1) is 12.8. The maximum absolute atomic E-state index is 5.89. The molecule has 0 radical (unpaired) electrons. The summed E-state index contributed by atoms with van der Waals surface area (Å²) in [4.78, 5) is 6.47. The Morgan fingerprint density at radius 3 is 2.75 bits per heavy atom. The molecular formula is C12H22N4. The minimum Gasteiger partial charge on any atom is -0.396 e. The second kappa shape index (κ2) is 5.70. The van der Waals surface area contributed by atoms with Gasteiger partial charge in [-0.25, -0.2) is 4.98 Å². The molecule has 0 saturated carbocycles. The van der Waals surface area contributed by atoms with Crippen molar-refractivity contribution in [3.8, 4) is 0 Å². The lowest BCUT2D eigenvalue weighted by Crippen LogP contribution is -2.23. The second-order valence-electron chi connectivity index (χ2n) is 4.59. The molecule has 0 amide bonds. The lowest BCUT2D eigenvalue weighted by molar-refractivity contribution is 0.390. The lowest BCUT2D eigenvalue weighted by atomic mass is 10.2. The van der Waals surface area contributed by atoms with Crippen LogP contribution in [0, 0.1) is 6.92 Å². The van der Waals surface area contributed by atoms with E-state index >= 15 is 0 Å². The van der Waals surface area contributed by atoms with Crippen molar-refractivity contribution >= 4 is 11.5 Å². The summed E-state index contributed by atoms with van der Waals surface area (Å²) in [5, 5.41) is 3.33. The van der Waals surface area contributed by atoms with Crippen LogP contribution in [0.1, 0.15) is 18.9 Å². The van der Waals surface area contributed by atoms with Crippen LogP contribution in [0.4, 0.5) is 11.5 Å². The summed E-state index contributed by atoms with van der Waals surface area (Å²) in [6.07, 6.45) is 2.90. The first-order valence-corrected chi connectivity index (χ1v) is 5.62. The van der Waals surface area contributed by atoms with Gasteiger partial charge in [0.2, 0.25) is 0 Å². The quantitative estimate of drug-likeness (QED) is 0.796. The van der Waals surface area contributed by atoms with Crippen LogP contribution in [0.2, 0.25) is 0 Å². The molecule has 1 heterocycles. The monoisotopic (exact) mass is 222 g/mol. The van der Waals surface area contributed by atoms with Crippen molar-refractivity contribution in [3.05, 3.63) is 17.8 Å². The molecule has 3 N–H and O–H groups in total. The number of aromatic nitrogens is 1. The third-order valence-corrected chi connectivity index (χ3v) is 2.45. The predicted molar refractivity (Wildman–Crippen MR) is 69.6 cm³/mol. The Balaban J connectivity index is 2.52. The number of nitrogen functional groups attached to an aromatic ring is 1. The van der Waals surface area contributed by atoms with Gasteiger partial charge in [-0.1, -0.05) is 0 Å². The molecule has 0 aliphatic carbocycles. The first-order valence-electron chi connectivity index (χ1n) is 5.62. The molecule has 0 fully saturated rings. The first-order chi connectivity index (χ1) is 7.49. The molecule has 1 aromatic rings. The summed E-state index contributed by atoms with van der Waals surface area (Å²) in [5.74, 6) is 0.789. The molecule has 16 heavy (non-hydrogen) atoms. The van der Waals surface area contributed by atoms with E-state index in [-0.39, 0.29) is 0 Å². The van der Waals surface area contributed by atoms with Crippen molar-refractivity contribution in [2.75, 3.05) is 31.7 Å². The predicted octanol–water partition coefficient (Wildman–Crippen LogP) is 1.72. The minimum atomic E-state index is 0.375. The highest BCUT2D eigenvalue weighted by Crippen LogP contribution is 2.17. The van der Waals surface area contributed by atoms with Gasteiger partial charge in [-0.2, -0.15) is 0 Å². The van der Waals surface area contributed by atoms with Crippen LogP contribution in [0.3, 0.4) is 0 Å². The molecule has 4 nitrogen and oxygen atoms in total. The van der Waals surface area contributed by atoms with E-state index in [4.69, 9.17) is 5.73 Å². The molecule has 0 bridgehead atoms. The number of anilines is 2. The van der Waals surface area contributed by atoms with Crippen molar-refractivity contribution in [1.29, 1.82) is 0 Å². The maximum Gasteiger partial charge on any atom is 0.149 e. The van der Waals surface area contributed by atoms with Gasteiger partial charge < -0.3 is 16.0 Å². The molecule has 4 heteroatoms. The van der Waals surface area contributed by atoms with Gasteiger partial charge in [0.1, 0.15) is 5.82 Å². The number of hydrogen-bond acceptors (Lipinski definition) is 4. The fourth-order valence-electron chi connectivity index (χ4n) is 1.47. The van der Waals surface area contributed by atoms with E-state index in [2.05, 4.69) is 36.2 Å². The number of nitrogens with zero attached hydrogens (tertiary/aromatic N) is 2. The van der Waals surface area contributed by atoms with Crippen molar-refractivity contribution in [3.63, 3.8) is 0 Å². The number of nitrogens with two attached hydrogens (primary N) is 1. The zero-order valence-electron chi connectivity index (χ0n) is 10.6. The van der Waals surface area contributed by atoms with Crippen LogP contribution in [0.15, 0.2) is 12.3 Å². The van der Waals surface area contributed by atoms with Gasteiger partial charge in [0.05, 0.1) is 5.69 Å². The van der Waals surface area contributed by atoms with E-state index in [1.54, 1.807) is 0 Å². The number of aryl methyl sites for hydroxylation is 1. The number of hydrogen-bond donors (Lipinski definition) is 2. The SMILES string of the molecule is Cc1cnc(NC(C)CCN(C)C)c(N)c1. The van der Waals surface area contributed by atoms with E-state index in [0.717, 1.165) is 30.0 Å². The van der Waals surface area contributed by atoms with Gasteiger partial charge in [0.25, 0.3) is 0 Å². The van der Waals surface area contributed by atoms with Gasteiger partial charge in [-0.15, -0.1) is 0 Å². The summed E-state index contributed by atoms with van der Waals surface area (Å²) < 4.78 is 0. The Morgan fingerprint density at radius 1 is 1.50 bits per heavy atom. The van der Waals surface area contributed by atoms with E-state index < -0.39 is 0 Å². The molecule has 90 valence electrons. The van der Waals surface area contributed by atoms with Crippen LogP contribution in [0.25, 0.3) is 0 Å². The Kier molecular flexibility index (Phi) is 4.55. The number of nitrogens with one attached hydrogen (secondary N) is 1. The maximum atomic E-state index is 5.89. The normalized spacial score (nSPS) is 12.8. The Bertz CT molecular complexity index is 336. The zero-order valence-corrected chi connectivity index (χ0v) is 10.6. The van der Waals surface area contributed by atoms with Gasteiger partial charge in [-0.05, 0) is 52.5 Å².